The largest absolute Gasteiger partial charge is 0.473 e. The van der Waals surface area contributed by atoms with Crippen LogP contribution in [0.15, 0.2) is 41.3 Å². The van der Waals surface area contributed by atoms with Crippen LogP contribution in [0.2, 0.25) is 0 Å². The third-order valence-electron chi connectivity index (χ3n) is 4.54. The molecule has 0 saturated carbocycles. The summed E-state index contributed by atoms with van der Waals surface area (Å²) in [6.07, 6.45) is 1.49. The van der Waals surface area contributed by atoms with Gasteiger partial charge in [-0.25, -0.2) is 13.6 Å². The minimum Gasteiger partial charge on any atom is -0.473 e. The number of rotatable bonds is 5. The van der Waals surface area contributed by atoms with Gasteiger partial charge in [0.25, 0.3) is 0 Å². The summed E-state index contributed by atoms with van der Waals surface area (Å²) in [6, 6.07) is 6.91. The number of halogens is 2. The van der Waals surface area contributed by atoms with Crippen LogP contribution in [-0.2, 0) is 13.2 Å². The Labute approximate surface area is 171 Å². The molecule has 30 heavy (non-hydrogen) atoms. The second kappa shape index (κ2) is 7.40. The van der Waals surface area contributed by atoms with Crippen molar-refractivity contribution in [3.8, 4) is 17.4 Å². The molecule has 2 aromatic heterocycles. The van der Waals surface area contributed by atoms with Crippen LogP contribution in [0.25, 0.3) is 0 Å². The van der Waals surface area contributed by atoms with Gasteiger partial charge in [0.15, 0.2) is 17.4 Å². The first-order valence-electron chi connectivity index (χ1n) is 9.31. The summed E-state index contributed by atoms with van der Waals surface area (Å²) >= 11 is 0. The second-order valence-electron chi connectivity index (χ2n) is 7.77. The predicted octanol–water partition coefficient (Wildman–Crippen LogP) is 3.80. The Morgan fingerprint density at radius 3 is 2.63 bits per heavy atom. The van der Waals surface area contributed by atoms with E-state index in [-0.39, 0.29) is 29.3 Å². The highest BCUT2D eigenvalue weighted by Crippen LogP contribution is 2.30. The quantitative estimate of drug-likeness (QED) is 0.684. The van der Waals surface area contributed by atoms with E-state index in [1.807, 2.05) is 13.8 Å². The van der Waals surface area contributed by atoms with Gasteiger partial charge in [0, 0.05) is 24.0 Å². The van der Waals surface area contributed by atoms with Gasteiger partial charge in [0.1, 0.15) is 18.2 Å². The van der Waals surface area contributed by atoms with Crippen LogP contribution < -0.4 is 20.5 Å². The standard InChI is InChI=1S/C21H20F2N4O3/c1-12-6-14(4-5-24-12)30-19-15(22)7-13(8-16(19)23)10-29-18-9-17-26-21(2,3)11-27(17)20(28)25-18/h4-9,26H,10-11H2,1-3H3. The van der Waals surface area contributed by atoms with Crippen LogP contribution in [-0.4, -0.2) is 20.1 Å². The van der Waals surface area contributed by atoms with Gasteiger partial charge in [-0.1, -0.05) is 0 Å². The average Bonchev–Trinajstić information content (AvgIpc) is 2.98. The van der Waals surface area contributed by atoms with E-state index in [9.17, 15) is 13.6 Å². The Balaban J connectivity index is 1.50. The lowest BCUT2D eigenvalue weighted by atomic mass is 10.1. The van der Waals surface area contributed by atoms with Crippen LogP contribution in [0.3, 0.4) is 0 Å². The smallest absolute Gasteiger partial charge is 0.352 e. The monoisotopic (exact) mass is 414 g/mol. The Kier molecular flexibility index (Phi) is 4.89. The molecular formula is C21H20F2N4O3. The third kappa shape index (κ3) is 4.10. The van der Waals surface area contributed by atoms with Gasteiger partial charge < -0.3 is 14.8 Å². The summed E-state index contributed by atoms with van der Waals surface area (Å²) < 4.78 is 41.2. The number of anilines is 1. The van der Waals surface area contributed by atoms with E-state index in [1.165, 1.54) is 16.8 Å². The van der Waals surface area contributed by atoms with Gasteiger partial charge in [-0.15, -0.1) is 0 Å². The van der Waals surface area contributed by atoms with E-state index in [4.69, 9.17) is 9.47 Å². The molecule has 0 amide bonds. The highest BCUT2D eigenvalue weighted by atomic mass is 19.1. The number of pyridine rings is 1. The molecule has 0 radical (unpaired) electrons. The molecule has 4 rings (SSSR count). The van der Waals surface area contributed by atoms with Crippen molar-refractivity contribution in [1.29, 1.82) is 0 Å². The topological polar surface area (TPSA) is 78.3 Å². The first-order valence-corrected chi connectivity index (χ1v) is 9.31. The summed E-state index contributed by atoms with van der Waals surface area (Å²) in [6.45, 7) is 5.99. The minimum atomic E-state index is -0.867. The summed E-state index contributed by atoms with van der Waals surface area (Å²) in [5, 5.41) is 3.21. The van der Waals surface area contributed by atoms with Crippen molar-refractivity contribution in [1.82, 2.24) is 14.5 Å². The van der Waals surface area contributed by atoms with E-state index in [2.05, 4.69) is 15.3 Å². The molecule has 156 valence electrons. The molecule has 0 bridgehead atoms. The molecule has 3 heterocycles. The fourth-order valence-corrected chi connectivity index (χ4v) is 3.25. The lowest BCUT2D eigenvalue weighted by molar-refractivity contribution is 0.289. The molecule has 0 saturated heterocycles. The lowest BCUT2D eigenvalue weighted by Crippen LogP contribution is -2.30. The van der Waals surface area contributed by atoms with Crippen molar-refractivity contribution in [2.24, 2.45) is 0 Å². The van der Waals surface area contributed by atoms with Crippen molar-refractivity contribution < 1.29 is 18.3 Å². The minimum absolute atomic E-state index is 0.0739. The molecule has 0 unspecified atom stereocenters. The number of hydrogen-bond donors (Lipinski definition) is 1. The van der Waals surface area contributed by atoms with Crippen molar-refractivity contribution >= 4 is 5.82 Å². The SMILES string of the molecule is Cc1cc(Oc2c(F)cc(COc3cc4n(c(=O)n3)CC(C)(C)N4)cc2F)ccn1. The normalized spacial score (nSPS) is 14.2. The Hall–Kier alpha value is -3.49. The number of ether oxygens (including phenoxy) is 2. The molecular weight excluding hydrogens is 394 g/mol. The van der Waals surface area contributed by atoms with E-state index in [0.29, 0.717) is 18.1 Å². The summed E-state index contributed by atoms with van der Waals surface area (Å²) in [4.78, 5) is 20.1. The first kappa shape index (κ1) is 19.8. The van der Waals surface area contributed by atoms with Crippen LogP contribution >= 0.6 is 0 Å². The first-order chi connectivity index (χ1) is 14.2. The number of aryl methyl sites for hydroxylation is 1. The van der Waals surface area contributed by atoms with Gasteiger partial charge in [0.2, 0.25) is 5.88 Å². The van der Waals surface area contributed by atoms with Crippen molar-refractivity contribution in [2.45, 2.75) is 39.5 Å². The summed E-state index contributed by atoms with van der Waals surface area (Å²) in [7, 11) is 0. The van der Waals surface area contributed by atoms with Crippen molar-refractivity contribution in [2.75, 3.05) is 5.32 Å². The van der Waals surface area contributed by atoms with E-state index in [1.54, 1.807) is 19.1 Å². The molecule has 1 aliphatic rings. The van der Waals surface area contributed by atoms with Gasteiger partial charge in [-0.3, -0.25) is 9.55 Å². The van der Waals surface area contributed by atoms with Crippen LogP contribution in [0.5, 0.6) is 17.4 Å². The van der Waals surface area contributed by atoms with E-state index in [0.717, 1.165) is 12.1 Å². The van der Waals surface area contributed by atoms with Crippen LogP contribution in [0.1, 0.15) is 25.1 Å². The molecule has 1 aliphatic heterocycles. The number of fused-ring (bicyclic) bond motifs is 1. The molecule has 0 fully saturated rings. The molecule has 7 nitrogen and oxygen atoms in total. The zero-order valence-corrected chi connectivity index (χ0v) is 16.7. The van der Waals surface area contributed by atoms with Crippen molar-refractivity contribution in [3.05, 3.63) is 69.9 Å². The number of nitrogens with zero attached hydrogens (tertiary/aromatic N) is 3. The maximum atomic E-state index is 14.4. The zero-order chi connectivity index (χ0) is 21.5. The highest BCUT2D eigenvalue weighted by molar-refractivity contribution is 5.45. The van der Waals surface area contributed by atoms with Crippen molar-refractivity contribution in [3.63, 3.8) is 0 Å². The van der Waals surface area contributed by atoms with Gasteiger partial charge in [-0.2, -0.15) is 4.98 Å². The molecule has 0 atom stereocenters. The fourth-order valence-electron chi connectivity index (χ4n) is 3.25. The number of benzene rings is 1. The average molecular weight is 414 g/mol. The van der Waals surface area contributed by atoms with E-state index < -0.39 is 23.1 Å². The maximum Gasteiger partial charge on any atom is 0.352 e. The van der Waals surface area contributed by atoms with Gasteiger partial charge in [-0.05, 0) is 44.5 Å². The van der Waals surface area contributed by atoms with Gasteiger partial charge in [0.05, 0.1) is 12.1 Å². The second-order valence-corrected chi connectivity index (χ2v) is 7.77. The fraction of sp³-hybridized carbons (Fsp3) is 0.286. The molecule has 1 aromatic carbocycles. The van der Waals surface area contributed by atoms with Crippen LogP contribution in [0.4, 0.5) is 14.6 Å². The van der Waals surface area contributed by atoms with E-state index >= 15 is 0 Å². The summed E-state index contributed by atoms with van der Waals surface area (Å²) in [5.41, 5.74) is 0.171. The van der Waals surface area contributed by atoms with Gasteiger partial charge >= 0.3 is 5.69 Å². The lowest BCUT2D eigenvalue weighted by Gasteiger charge is -2.16. The number of nitrogens with one attached hydrogen (secondary N) is 1. The molecule has 3 aromatic rings. The number of aromatic nitrogens is 3. The Morgan fingerprint density at radius 1 is 1.20 bits per heavy atom. The molecule has 0 aliphatic carbocycles. The third-order valence-corrected chi connectivity index (χ3v) is 4.54. The Bertz CT molecular complexity index is 1150. The zero-order valence-electron chi connectivity index (χ0n) is 16.7. The maximum absolute atomic E-state index is 14.4. The molecule has 0 spiro atoms. The molecule has 1 N–H and O–H groups in total. The summed E-state index contributed by atoms with van der Waals surface area (Å²) in [5.74, 6) is -1.30. The Morgan fingerprint density at radius 2 is 1.93 bits per heavy atom. The predicted molar refractivity (Wildman–Crippen MR) is 106 cm³/mol. The van der Waals surface area contributed by atoms with Crippen LogP contribution in [0, 0.1) is 18.6 Å². The highest BCUT2D eigenvalue weighted by Gasteiger charge is 2.29. The number of hydrogen-bond acceptors (Lipinski definition) is 6. The molecule has 9 heteroatoms.